The van der Waals surface area contributed by atoms with Crippen molar-refractivity contribution < 1.29 is 38.1 Å². The van der Waals surface area contributed by atoms with Crippen molar-refractivity contribution in [2.24, 2.45) is 5.41 Å². The van der Waals surface area contributed by atoms with Crippen molar-refractivity contribution in [3.05, 3.63) is 68.9 Å². The van der Waals surface area contributed by atoms with E-state index in [1.165, 1.54) is 11.3 Å². The summed E-state index contributed by atoms with van der Waals surface area (Å²) in [5, 5.41) is 19.1. The van der Waals surface area contributed by atoms with E-state index in [9.17, 15) is 19.5 Å². The van der Waals surface area contributed by atoms with Gasteiger partial charge in [0.25, 0.3) is 11.8 Å². The number of hydrogen-bond donors (Lipinski definition) is 3. The summed E-state index contributed by atoms with van der Waals surface area (Å²) in [6, 6.07) is 8.86. The fourth-order valence-electron chi connectivity index (χ4n) is 7.99. The second-order valence-corrected chi connectivity index (χ2v) is 18.6. The number of hydrogen-bond acceptors (Lipinski definition) is 11. The SMILES string of the molecule is CC(C)c1nc(C(=O)N2CCOC3(CCN(Cc4cccc(CCOCCC(=O)N(CCNCCc5ccc(O)c6c5OCC(=O)N6)[C@H](C)C(C)(C)C)c4F)CC3)C2)cs1. The molecular formula is C45H63FN6O7S. The summed E-state index contributed by atoms with van der Waals surface area (Å²) in [6.45, 7) is 18.3. The van der Waals surface area contributed by atoms with Crippen LogP contribution in [0, 0.1) is 11.2 Å². The first-order valence-electron chi connectivity index (χ1n) is 21.4. The van der Waals surface area contributed by atoms with Crippen LogP contribution in [0.25, 0.3) is 0 Å². The van der Waals surface area contributed by atoms with Crippen molar-refractivity contribution >= 4 is 34.7 Å². The zero-order valence-electron chi connectivity index (χ0n) is 36.1. The van der Waals surface area contributed by atoms with Gasteiger partial charge in [-0.05, 0) is 61.8 Å². The number of piperidine rings is 1. The number of ether oxygens (including phenoxy) is 3. The number of halogens is 1. The summed E-state index contributed by atoms with van der Waals surface area (Å²) in [4.78, 5) is 49.2. The molecule has 2 fully saturated rings. The van der Waals surface area contributed by atoms with Crippen LogP contribution in [0.1, 0.15) is 98.9 Å². The molecule has 328 valence electrons. The lowest BCUT2D eigenvalue weighted by atomic mass is 9.86. The second kappa shape index (κ2) is 20.1. The van der Waals surface area contributed by atoms with Gasteiger partial charge in [0.15, 0.2) is 12.4 Å². The standard InChI is InChI=1S/C45H63FN6O7S/c1-30(2)42-48-35(28-60-42)43(56)51-22-25-59-45(29-51)15-19-50(20-16-45)26-34-9-7-8-32(39(34)46)13-23-57-24-14-38(55)52(31(3)44(4,5)6)21-18-47-17-12-33-10-11-36(53)40-41(33)58-27-37(54)49-40/h7-11,28,30-31,47,53H,12-27,29H2,1-6H3,(H,49,54)/t31-/m1/s1. The molecule has 6 rings (SSSR count). The third-order valence-corrected chi connectivity index (χ3v) is 13.2. The first kappa shape index (κ1) is 45.4. The summed E-state index contributed by atoms with van der Waals surface area (Å²) in [7, 11) is 0. The number of carbonyl (C=O) groups excluding carboxylic acids is 3. The summed E-state index contributed by atoms with van der Waals surface area (Å²) in [5.41, 5.74) is 2.40. The van der Waals surface area contributed by atoms with E-state index in [1.807, 2.05) is 27.3 Å². The molecule has 0 bridgehead atoms. The van der Waals surface area contributed by atoms with Gasteiger partial charge in [-0.1, -0.05) is 58.9 Å². The molecule has 2 aromatic carbocycles. The van der Waals surface area contributed by atoms with Crippen LogP contribution in [0.5, 0.6) is 11.5 Å². The fraction of sp³-hybridized carbons (Fsp3) is 0.600. The van der Waals surface area contributed by atoms with Crippen molar-refractivity contribution in [2.75, 3.05) is 77.6 Å². The van der Waals surface area contributed by atoms with Gasteiger partial charge >= 0.3 is 0 Å². The van der Waals surface area contributed by atoms with Gasteiger partial charge in [0.2, 0.25) is 5.91 Å². The minimum absolute atomic E-state index is 0.00472. The van der Waals surface area contributed by atoms with Crippen molar-refractivity contribution in [1.29, 1.82) is 0 Å². The van der Waals surface area contributed by atoms with E-state index in [0.29, 0.717) is 93.6 Å². The fourth-order valence-corrected chi connectivity index (χ4v) is 8.80. The Bertz CT molecular complexity index is 1960. The zero-order chi connectivity index (χ0) is 43.0. The van der Waals surface area contributed by atoms with E-state index in [1.54, 1.807) is 18.2 Å². The number of morpholine rings is 1. The van der Waals surface area contributed by atoms with Gasteiger partial charge < -0.3 is 39.8 Å². The maximum atomic E-state index is 15.8. The van der Waals surface area contributed by atoms with Crippen LogP contribution in [0.15, 0.2) is 35.7 Å². The highest BCUT2D eigenvalue weighted by Crippen LogP contribution is 2.39. The summed E-state index contributed by atoms with van der Waals surface area (Å²) < 4.78 is 33.6. The van der Waals surface area contributed by atoms with Crippen molar-refractivity contribution in [1.82, 2.24) is 25.0 Å². The van der Waals surface area contributed by atoms with Crippen LogP contribution in [0.4, 0.5) is 10.1 Å². The number of rotatable bonds is 17. The molecule has 2 saturated heterocycles. The van der Waals surface area contributed by atoms with Crippen LogP contribution >= 0.6 is 11.3 Å². The van der Waals surface area contributed by atoms with E-state index < -0.39 is 5.60 Å². The molecule has 15 heteroatoms. The van der Waals surface area contributed by atoms with E-state index in [-0.39, 0.29) is 66.3 Å². The number of nitrogens with zero attached hydrogens (tertiary/aromatic N) is 4. The first-order chi connectivity index (χ1) is 28.6. The quantitative estimate of drug-likeness (QED) is 0.109. The first-order valence-corrected chi connectivity index (χ1v) is 22.2. The molecule has 3 amide bonds. The minimum atomic E-state index is -0.395. The smallest absolute Gasteiger partial charge is 0.273 e. The molecule has 1 spiro atoms. The number of thiazole rings is 1. The summed E-state index contributed by atoms with van der Waals surface area (Å²) in [6.07, 6.45) is 2.78. The number of carbonyl (C=O) groups is 3. The van der Waals surface area contributed by atoms with Crippen LogP contribution in [0.3, 0.4) is 0 Å². The van der Waals surface area contributed by atoms with Crippen LogP contribution in [-0.2, 0) is 38.4 Å². The van der Waals surface area contributed by atoms with Crippen LogP contribution < -0.4 is 15.4 Å². The Morgan fingerprint density at radius 2 is 1.83 bits per heavy atom. The third-order valence-electron chi connectivity index (χ3n) is 12.0. The molecule has 3 aliphatic rings. The number of aromatic nitrogens is 1. The second-order valence-electron chi connectivity index (χ2n) is 17.7. The number of nitrogens with one attached hydrogen (secondary N) is 2. The molecule has 1 atom stereocenters. The Morgan fingerprint density at radius 1 is 1.07 bits per heavy atom. The normalized spacial score (nSPS) is 17.3. The van der Waals surface area contributed by atoms with E-state index in [4.69, 9.17) is 14.2 Å². The predicted molar refractivity (Wildman–Crippen MR) is 230 cm³/mol. The van der Waals surface area contributed by atoms with Gasteiger partial charge in [0, 0.05) is 62.2 Å². The Morgan fingerprint density at radius 3 is 2.57 bits per heavy atom. The molecule has 0 radical (unpaired) electrons. The highest BCUT2D eigenvalue weighted by Gasteiger charge is 2.41. The largest absolute Gasteiger partial charge is 0.506 e. The topological polar surface area (TPSA) is 146 Å². The molecule has 13 nitrogen and oxygen atoms in total. The van der Waals surface area contributed by atoms with Gasteiger partial charge in [-0.3, -0.25) is 19.3 Å². The van der Waals surface area contributed by atoms with Gasteiger partial charge in [-0.15, -0.1) is 11.3 Å². The molecule has 0 saturated carbocycles. The van der Waals surface area contributed by atoms with Gasteiger partial charge in [-0.25, -0.2) is 9.37 Å². The lowest BCUT2D eigenvalue weighted by Crippen LogP contribution is -2.58. The number of aromatic hydroxyl groups is 1. The Balaban J connectivity index is 0.921. The number of benzene rings is 2. The minimum Gasteiger partial charge on any atom is -0.506 e. The van der Waals surface area contributed by atoms with Crippen molar-refractivity contribution in [3.8, 4) is 11.5 Å². The van der Waals surface area contributed by atoms with Gasteiger partial charge in [0.1, 0.15) is 22.9 Å². The highest BCUT2D eigenvalue weighted by atomic mass is 32.1. The molecule has 3 aromatic rings. The van der Waals surface area contributed by atoms with Crippen LogP contribution in [0.2, 0.25) is 0 Å². The molecule has 4 heterocycles. The zero-order valence-corrected chi connectivity index (χ0v) is 36.9. The summed E-state index contributed by atoms with van der Waals surface area (Å²) in [5.74, 6) is 0.195. The van der Waals surface area contributed by atoms with E-state index in [2.05, 4.69) is 62.1 Å². The average molecular weight is 851 g/mol. The molecule has 0 unspecified atom stereocenters. The number of phenolic OH excluding ortho intramolecular Hbond substituents is 1. The number of likely N-dealkylation sites (tertiary alicyclic amines) is 1. The third kappa shape index (κ3) is 11.4. The number of amides is 3. The van der Waals surface area contributed by atoms with Gasteiger partial charge in [0.05, 0.1) is 43.4 Å². The average Bonchev–Trinajstić information content (AvgIpc) is 3.72. The lowest BCUT2D eigenvalue weighted by molar-refractivity contribution is -0.136. The Hall–Kier alpha value is -4.15. The highest BCUT2D eigenvalue weighted by molar-refractivity contribution is 7.09. The molecule has 0 aliphatic carbocycles. The van der Waals surface area contributed by atoms with Gasteiger partial charge in [-0.2, -0.15) is 0 Å². The van der Waals surface area contributed by atoms with Crippen LogP contribution in [-0.4, -0.2) is 126 Å². The number of phenols is 1. The monoisotopic (exact) mass is 850 g/mol. The lowest BCUT2D eigenvalue weighted by Gasteiger charge is -2.47. The number of fused-ring (bicyclic) bond motifs is 1. The van der Waals surface area contributed by atoms with E-state index in [0.717, 1.165) is 36.5 Å². The molecule has 3 N–H and O–H groups in total. The van der Waals surface area contributed by atoms with Crippen molar-refractivity contribution in [3.63, 3.8) is 0 Å². The molecular weight excluding hydrogens is 788 g/mol. The number of anilines is 1. The molecule has 60 heavy (non-hydrogen) atoms. The maximum Gasteiger partial charge on any atom is 0.273 e. The Labute approximate surface area is 358 Å². The summed E-state index contributed by atoms with van der Waals surface area (Å²) >= 11 is 1.53. The maximum absolute atomic E-state index is 15.8. The predicted octanol–water partition coefficient (Wildman–Crippen LogP) is 5.99. The Kier molecular flexibility index (Phi) is 15.2. The molecule has 1 aromatic heterocycles. The van der Waals surface area contributed by atoms with E-state index >= 15 is 4.39 Å². The molecule has 3 aliphatic heterocycles. The van der Waals surface area contributed by atoms with Crippen molar-refractivity contribution in [2.45, 2.75) is 97.8 Å².